The van der Waals surface area contributed by atoms with Crippen molar-refractivity contribution >= 4 is 59.2 Å². The molecule has 2 atom stereocenters. The normalized spacial score (nSPS) is 25.5. The molecule has 1 aliphatic rings. The van der Waals surface area contributed by atoms with Crippen molar-refractivity contribution < 1.29 is 23.6 Å². The minimum absolute atomic E-state index is 0. The van der Waals surface area contributed by atoms with Gasteiger partial charge in [0.25, 0.3) is 0 Å². The first-order chi connectivity index (χ1) is 4.49. The van der Waals surface area contributed by atoms with E-state index in [2.05, 4.69) is 9.26 Å². The third kappa shape index (κ3) is 5.84. The van der Waals surface area contributed by atoms with E-state index in [9.17, 15) is 4.57 Å². The molecule has 1 fully saturated rings. The molecule has 0 amide bonds. The average Bonchev–Trinajstić information content (AvgIpc) is 2.35. The number of nitrogens with two attached hydrogens (primary N) is 1. The van der Waals surface area contributed by atoms with Crippen molar-refractivity contribution in [2.45, 2.75) is 12.3 Å². The molecule has 0 aromatic carbocycles. The van der Waals surface area contributed by atoms with Crippen molar-refractivity contribution in [3.63, 3.8) is 0 Å². The van der Waals surface area contributed by atoms with Gasteiger partial charge in [0, 0.05) is 0 Å². The molecular weight excluding hydrogens is 200 g/mol. The molecule has 0 aliphatic carbocycles. The van der Waals surface area contributed by atoms with Gasteiger partial charge in [0.2, 0.25) is 0 Å². The summed E-state index contributed by atoms with van der Waals surface area (Å²) in [6, 6.07) is 0. The van der Waals surface area contributed by atoms with Gasteiger partial charge in [-0.2, -0.15) is 0 Å². The van der Waals surface area contributed by atoms with Crippen molar-refractivity contribution in [3.05, 3.63) is 0 Å². The molecule has 0 aromatic heterocycles. The number of rotatable bonds is 3. The van der Waals surface area contributed by atoms with Crippen molar-refractivity contribution in [2.75, 3.05) is 6.61 Å². The fraction of sp³-hybridized carbons (Fsp3) is 1.00. The molecule has 0 saturated carbocycles. The van der Waals surface area contributed by atoms with Gasteiger partial charge < -0.3 is 20.3 Å². The quantitative estimate of drug-likeness (QED) is 0.218. The summed E-state index contributed by atoms with van der Waals surface area (Å²) < 4.78 is 18.8. The van der Waals surface area contributed by atoms with Crippen molar-refractivity contribution in [1.29, 1.82) is 0 Å². The van der Waals surface area contributed by atoms with E-state index in [-0.39, 0.29) is 57.5 Å². The SMILES string of the molecule is NC(OP(=O)(O)O)C1CO1.[KH]. The second kappa shape index (κ2) is 4.78. The maximum atomic E-state index is 10.1. The third-order valence-corrected chi connectivity index (χ3v) is 1.50. The van der Waals surface area contributed by atoms with Crippen molar-refractivity contribution in [2.24, 2.45) is 5.73 Å². The number of epoxide rings is 1. The van der Waals surface area contributed by atoms with Crippen LogP contribution in [0, 0.1) is 0 Å². The van der Waals surface area contributed by atoms with Crippen LogP contribution in [0.15, 0.2) is 0 Å². The molecule has 1 saturated heterocycles. The molecule has 2 unspecified atom stereocenters. The molecule has 0 bridgehead atoms. The Kier molecular flexibility index (Phi) is 5.50. The zero-order valence-corrected chi connectivity index (χ0v) is 5.90. The van der Waals surface area contributed by atoms with Gasteiger partial charge in [-0.05, 0) is 0 Å². The van der Waals surface area contributed by atoms with Gasteiger partial charge in [-0.3, -0.25) is 4.52 Å². The van der Waals surface area contributed by atoms with E-state index in [0.29, 0.717) is 6.61 Å². The summed E-state index contributed by atoms with van der Waals surface area (Å²) in [5.74, 6) is 0. The molecule has 6 nitrogen and oxygen atoms in total. The molecule has 62 valence electrons. The molecular formula is C3H9KNO5P. The Bertz CT molecular complexity index is 167. The second-order valence-corrected chi connectivity index (χ2v) is 3.12. The third-order valence-electron chi connectivity index (χ3n) is 0.985. The molecule has 11 heavy (non-hydrogen) atoms. The van der Waals surface area contributed by atoms with Crippen molar-refractivity contribution in [1.82, 2.24) is 0 Å². The maximum absolute atomic E-state index is 10.1. The summed E-state index contributed by atoms with van der Waals surface area (Å²) in [4.78, 5) is 16.4. The fourth-order valence-corrected chi connectivity index (χ4v) is 0.925. The van der Waals surface area contributed by atoms with Crippen LogP contribution in [0.1, 0.15) is 0 Å². The molecule has 0 spiro atoms. The molecule has 0 aromatic rings. The zero-order valence-electron chi connectivity index (χ0n) is 5.01. The van der Waals surface area contributed by atoms with Gasteiger partial charge in [-0.25, -0.2) is 4.57 Å². The van der Waals surface area contributed by atoms with E-state index in [1.165, 1.54) is 0 Å². The van der Waals surface area contributed by atoms with Gasteiger partial charge in [0.1, 0.15) is 12.3 Å². The summed E-state index contributed by atoms with van der Waals surface area (Å²) in [7, 11) is -4.44. The van der Waals surface area contributed by atoms with E-state index in [1.54, 1.807) is 0 Å². The van der Waals surface area contributed by atoms with Crippen LogP contribution in [-0.4, -0.2) is 80.1 Å². The topological polar surface area (TPSA) is 105 Å². The van der Waals surface area contributed by atoms with E-state index in [1.807, 2.05) is 0 Å². The molecule has 8 heteroatoms. The summed E-state index contributed by atoms with van der Waals surface area (Å²) in [6.07, 6.45) is -1.37. The predicted octanol–water partition coefficient (Wildman–Crippen LogP) is -1.87. The molecule has 0 radical (unpaired) electrons. The van der Waals surface area contributed by atoms with E-state index in [4.69, 9.17) is 15.5 Å². The Hall–Kier alpha value is 1.67. The number of ether oxygens (including phenoxy) is 1. The summed E-state index contributed by atoms with van der Waals surface area (Å²) in [5.41, 5.74) is 5.13. The van der Waals surface area contributed by atoms with Crippen LogP contribution in [0.2, 0.25) is 0 Å². The first-order valence-electron chi connectivity index (χ1n) is 2.60. The van der Waals surface area contributed by atoms with Gasteiger partial charge in [0.05, 0.1) is 6.61 Å². The van der Waals surface area contributed by atoms with Crippen molar-refractivity contribution in [3.8, 4) is 0 Å². The van der Waals surface area contributed by atoms with E-state index < -0.39 is 14.1 Å². The Morgan fingerprint density at radius 1 is 1.73 bits per heavy atom. The zero-order chi connectivity index (χ0) is 7.78. The molecule has 1 aliphatic heterocycles. The van der Waals surface area contributed by atoms with Crippen LogP contribution in [-0.2, 0) is 13.8 Å². The Labute approximate surface area is 106 Å². The molecule has 1 rings (SSSR count). The summed E-state index contributed by atoms with van der Waals surface area (Å²) >= 11 is 0. The number of hydrogen-bond acceptors (Lipinski definition) is 4. The fourth-order valence-electron chi connectivity index (χ4n) is 0.472. The number of hydrogen-bond donors (Lipinski definition) is 3. The van der Waals surface area contributed by atoms with Gasteiger partial charge >= 0.3 is 59.2 Å². The van der Waals surface area contributed by atoms with Crippen LogP contribution in [0.5, 0.6) is 0 Å². The molecule has 1 heterocycles. The predicted molar refractivity (Wildman–Crippen MR) is 38.0 cm³/mol. The van der Waals surface area contributed by atoms with Gasteiger partial charge in [-0.15, -0.1) is 0 Å². The Balaban J connectivity index is 0.000001000. The van der Waals surface area contributed by atoms with Gasteiger partial charge in [0.15, 0.2) is 0 Å². The average molecular weight is 209 g/mol. The number of phosphoric ester groups is 1. The number of phosphoric acid groups is 1. The Morgan fingerprint density at radius 3 is 2.45 bits per heavy atom. The minimum atomic E-state index is -4.44. The summed E-state index contributed by atoms with van der Waals surface area (Å²) in [6.45, 7) is 0.404. The van der Waals surface area contributed by atoms with Crippen LogP contribution < -0.4 is 5.73 Å². The van der Waals surface area contributed by atoms with Crippen LogP contribution >= 0.6 is 7.82 Å². The first kappa shape index (κ1) is 12.7. The van der Waals surface area contributed by atoms with Gasteiger partial charge in [-0.1, -0.05) is 0 Å². The summed E-state index contributed by atoms with van der Waals surface area (Å²) in [5, 5.41) is 0. The first-order valence-corrected chi connectivity index (χ1v) is 4.13. The van der Waals surface area contributed by atoms with E-state index >= 15 is 0 Å². The molecule has 4 N–H and O–H groups in total. The standard InChI is InChI=1S/C3H8NO5P.K.H/c4-3(2-1-8-2)9-10(5,6)7;;/h2-3H,1,4H2,(H2,5,6,7);;. The Morgan fingerprint density at radius 2 is 2.18 bits per heavy atom. The second-order valence-electron chi connectivity index (χ2n) is 1.93. The van der Waals surface area contributed by atoms with Crippen LogP contribution in [0.25, 0.3) is 0 Å². The van der Waals surface area contributed by atoms with E-state index in [0.717, 1.165) is 0 Å². The van der Waals surface area contributed by atoms with Crippen LogP contribution in [0.3, 0.4) is 0 Å². The van der Waals surface area contributed by atoms with Crippen LogP contribution in [0.4, 0.5) is 0 Å². The monoisotopic (exact) mass is 209 g/mol.